The van der Waals surface area contributed by atoms with E-state index < -0.39 is 0 Å². The van der Waals surface area contributed by atoms with Crippen molar-refractivity contribution in [1.29, 1.82) is 0 Å². The van der Waals surface area contributed by atoms with Crippen LogP contribution in [0.4, 0.5) is 0 Å². The summed E-state index contributed by atoms with van der Waals surface area (Å²) in [6.07, 6.45) is 0. The minimum atomic E-state index is 0.564. The van der Waals surface area contributed by atoms with Gasteiger partial charge in [-0.05, 0) is 50.4 Å². The van der Waals surface area contributed by atoms with Gasteiger partial charge < -0.3 is 4.74 Å². The Morgan fingerprint density at radius 2 is 1.22 bits per heavy atom. The molecule has 210 valence electrons. The Kier molecular flexibility index (Phi) is 5.22. The number of aromatic nitrogens is 2. The molecule has 3 nitrogen and oxygen atoms in total. The van der Waals surface area contributed by atoms with Gasteiger partial charge in [-0.15, -0.1) is 11.3 Å². The fourth-order valence-corrected chi connectivity index (χ4v) is 8.35. The Labute approximate surface area is 263 Å². The summed E-state index contributed by atoms with van der Waals surface area (Å²) < 4.78 is 8.61. The molecule has 0 fully saturated rings. The lowest BCUT2D eigenvalue weighted by Gasteiger charge is -2.23. The summed E-state index contributed by atoms with van der Waals surface area (Å²) in [5.41, 5.74) is 7.61. The third-order valence-electron chi connectivity index (χ3n) is 9.16. The average molecular weight is 593 g/mol. The second kappa shape index (κ2) is 9.46. The van der Waals surface area contributed by atoms with Gasteiger partial charge in [0.05, 0.1) is 15.9 Å². The van der Waals surface area contributed by atoms with Crippen molar-refractivity contribution in [3.63, 3.8) is 0 Å². The molecule has 1 aliphatic heterocycles. The van der Waals surface area contributed by atoms with Gasteiger partial charge in [-0.3, -0.25) is 0 Å². The van der Waals surface area contributed by atoms with Crippen molar-refractivity contribution in [3.05, 3.63) is 139 Å². The van der Waals surface area contributed by atoms with E-state index >= 15 is 0 Å². The molecule has 0 radical (unpaired) electrons. The molecule has 0 aliphatic carbocycles. The van der Waals surface area contributed by atoms with Gasteiger partial charge in [-0.1, -0.05) is 121 Å². The van der Waals surface area contributed by atoms with Gasteiger partial charge in [-0.25, -0.2) is 9.97 Å². The average Bonchev–Trinajstić information content (AvgIpc) is 3.49. The van der Waals surface area contributed by atoms with E-state index in [-0.39, 0.29) is 0 Å². The maximum atomic E-state index is 6.28. The SMILES string of the molecule is c1ccc(-c2nc(-c3ccccc3-c3ccc4c5c6c(cccc6c6ccccc6c35)OC4)nc3c2sc2ccccc23)cc1. The van der Waals surface area contributed by atoms with Crippen molar-refractivity contribution in [2.75, 3.05) is 0 Å². The van der Waals surface area contributed by atoms with E-state index in [0.29, 0.717) is 6.61 Å². The number of nitrogens with zero attached hydrogens (tertiary/aromatic N) is 2. The predicted octanol–water partition coefficient (Wildman–Crippen LogP) is 11.2. The molecule has 0 N–H and O–H groups in total. The van der Waals surface area contributed by atoms with Crippen LogP contribution in [0.1, 0.15) is 5.56 Å². The second-order valence-corrected chi connectivity index (χ2v) is 12.7. The first-order valence-corrected chi connectivity index (χ1v) is 16.0. The van der Waals surface area contributed by atoms with Crippen LogP contribution in [0.3, 0.4) is 0 Å². The zero-order valence-electron chi connectivity index (χ0n) is 24.1. The Morgan fingerprint density at radius 1 is 0.511 bits per heavy atom. The highest BCUT2D eigenvalue weighted by Gasteiger charge is 2.24. The van der Waals surface area contributed by atoms with E-state index in [9.17, 15) is 0 Å². The quantitative estimate of drug-likeness (QED) is 0.191. The fraction of sp³-hybridized carbons (Fsp3) is 0.0244. The van der Waals surface area contributed by atoms with E-state index in [1.54, 1.807) is 11.3 Å². The number of benzene rings is 7. The van der Waals surface area contributed by atoms with Crippen molar-refractivity contribution in [2.45, 2.75) is 6.61 Å². The lowest BCUT2D eigenvalue weighted by molar-refractivity contribution is 0.308. The highest BCUT2D eigenvalue weighted by Crippen LogP contribution is 2.48. The van der Waals surface area contributed by atoms with Gasteiger partial charge in [0, 0.05) is 32.0 Å². The van der Waals surface area contributed by atoms with Crippen LogP contribution in [0, 0.1) is 0 Å². The molecule has 0 atom stereocenters. The molecular formula is C41H24N2OS. The monoisotopic (exact) mass is 592 g/mol. The number of fused-ring (bicyclic) bond motifs is 6. The minimum absolute atomic E-state index is 0.564. The summed E-state index contributed by atoms with van der Waals surface area (Å²) in [7, 11) is 0. The lowest BCUT2D eigenvalue weighted by Crippen LogP contribution is -2.04. The molecule has 0 bridgehead atoms. The van der Waals surface area contributed by atoms with E-state index in [1.165, 1.54) is 48.1 Å². The van der Waals surface area contributed by atoms with Gasteiger partial charge >= 0.3 is 0 Å². The van der Waals surface area contributed by atoms with Crippen LogP contribution in [0.25, 0.3) is 86.4 Å². The fourth-order valence-electron chi connectivity index (χ4n) is 7.20. The standard InChI is InChI=1S/C41H24N2OS/c1-2-11-24(12-3-1)38-40-39(32-17-8-9-20-34(32)45-40)43-41(42-38)31-16-7-5-14-27(31)30-22-21-25-23-44-33-19-10-18-29-26-13-4-6-15-28(26)36(30)35(25)37(29)33/h1-22H,23H2. The molecule has 45 heavy (non-hydrogen) atoms. The summed E-state index contributed by atoms with van der Waals surface area (Å²) in [5, 5.41) is 8.60. The van der Waals surface area contributed by atoms with Crippen LogP contribution in [0.5, 0.6) is 5.75 Å². The van der Waals surface area contributed by atoms with E-state index in [0.717, 1.165) is 49.6 Å². The van der Waals surface area contributed by atoms with Gasteiger partial charge in [0.15, 0.2) is 5.82 Å². The maximum Gasteiger partial charge on any atom is 0.161 e. The van der Waals surface area contributed by atoms with E-state index in [4.69, 9.17) is 14.7 Å². The predicted molar refractivity (Wildman–Crippen MR) is 188 cm³/mol. The first-order valence-electron chi connectivity index (χ1n) is 15.2. The van der Waals surface area contributed by atoms with Crippen molar-refractivity contribution in [2.24, 2.45) is 0 Å². The zero-order valence-corrected chi connectivity index (χ0v) is 24.9. The van der Waals surface area contributed by atoms with Gasteiger partial charge in [-0.2, -0.15) is 0 Å². The van der Waals surface area contributed by atoms with E-state index in [1.807, 2.05) is 0 Å². The lowest BCUT2D eigenvalue weighted by atomic mass is 9.85. The summed E-state index contributed by atoms with van der Waals surface area (Å²) >= 11 is 1.76. The van der Waals surface area contributed by atoms with Crippen molar-refractivity contribution in [3.8, 4) is 39.5 Å². The molecule has 1 aliphatic rings. The molecular weight excluding hydrogens is 569 g/mol. The van der Waals surface area contributed by atoms with Gasteiger partial charge in [0.1, 0.15) is 12.4 Å². The molecule has 0 saturated carbocycles. The summed E-state index contributed by atoms with van der Waals surface area (Å²) in [4.78, 5) is 10.7. The Hall–Kier alpha value is -5.58. The van der Waals surface area contributed by atoms with Crippen LogP contribution in [-0.4, -0.2) is 9.97 Å². The molecule has 10 rings (SSSR count). The topological polar surface area (TPSA) is 35.0 Å². The molecule has 2 aromatic heterocycles. The Balaban J connectivity index is 1.32. The highest BCUT2D eigenvalue weighted by molar-refractivity contribution is 7.26. The number of hydrogen-bond acceptors (Lipinski definition) is 4. The first kappa shape index (κ1) is 24.8. The zero-order chi connectivity index (χ0) is 29.5. The highest BCUT2D eigenvalue weighted by atomic mass is 32.1. The number of thiophene rings is 1. The largest absolute Gasteiger partial charge is 0.488 e. The second-order valence-electron chi connectivity index (χ2n) is 11.6. The summed E-state index contributed by atoms with van der Waals surface area (Å²) in [6.45, 7) is 0.564. The molecule has 0 saturated heterocycles. The van der Waals surface area contributed by atoms with Crippen LogP contribution < -0.4 is 4.74 Å². The Bertz CT molecular complexity index is 2660. The van der Waals surface area contributed by atoms with Gasteiger partial charge in [0.25, 0.3) is 0 Å². The van der Waals surface area contributed by atoms with Crippen LogP contribution in [-0.2, 0) is 6.61 Å². The summed E-state index contributed by atoms with van der Waals surface area (Å²) in [5.74, 6) is 1.69. The van der Waals surface area contributed by atoms with Gasteiger partial charge in [0.2, 0.25) is 0 Å². The smallest absolute Gasteiger partial charge is 0.161 e. The number of rotatable bonds is 3. The molecule has 9 aromatic rings. The molecule has 0 unspecified atom stereocenters. The molecule has 0 amide bonds. The van der Waals surface area contributed by atoms with Crippen molar-refractivity contribution < 1.29 is 4.74 Å². The first-order chi connectivity index (χ1) is 22.3. The summed E-state index contributed by atoms with van der Waals surface area (Å²) in [6, 6.07) is 47.3. The normalized spacial score (nSPS) is 12.5. The van der Waals surface area contributed by atoms with Crippen molar-refractivity contribution in [1.82, 2.24) is 9.97 Å². The third-order valence-corrected chi connectivity index (χ3v) is 10.3. The third kappa shape index (κ3) is 3.57. The van der Waals surface area contributed by atoms with Crippen LogP contribution in [0.15, 0.2) is 133 Å². The number of hydrogen-bond donors (Lipinski definition) is 0. The molecule has 0 spiro atoms. The maximum absolute atomic E-state index is 6.28. The minimum Gasteiger partial charge on any atom is -0.488 e. The van der Waals surface area contributed by atoms with Crippen molar-refractivity contribution >= 4 is 64.0 Å². The molecule has 4 heteroatoms. The van der Waals surface area contributed by atoms with Crippen LogP contribution >= 0.6 is 11.3 Å². The molecule has 7 aromatic carbocycles. The molecule has 3 heterocycles. The Morgan fingerprint density at radius 3 is 2.11 bits per heavy atom. The van der Waals surface area contributed by atoms with Crippen LogP contribution in [0.2, 0.25) is 0 Å². The van der Waals surface area contributed by atoms with E-state index in [2.05, 4.69) is 133 Å². The number of ether oxygens (including phenoxy) is 1.